The van der Waals surface area contributed by atoms with Crippen LogP contribution in [0, 0.1) is 5.92 Å². The van der Waals surface area contributed by atoms with E-state index in [1.165, 1.54) is 32.1 Å². The Morgan fingerprint density at radius 2 is 1.40 bits per heavy atom. The zero-order chi connectivity index (χ0) is 7.23. The maximum Gasteiger partial charge on any atom is 0.201 e. The summed E-state index contributed by atoms with van der Waals surface area (Å²) in [7, 11) is 0. The van der Waals surface area contributed by atoms with Gasteiger partial charge in [0.25, 0.3) is 0 Å². The van der Waals surface area contributed by atoms with Crippen molar-refractivity contribution in [2.75, 3.05) is 0 Å². The van der Waals surface area contributed by atoms with Crippen LogP contribution in [0.4, 0.5) is 0 Å². The third-order valence-corrected chi connectivity index (χ3v) is 2.27. The first-order chi connectivity index (χ1) is 4.93. The molecule has 1 fully saturated rings. The molecule has 1 aliphatic carbocycles. The van der Waals surface area contributed by atoms with Crippen molar-refractivity contribution in [2.45, 2.75) is 44.9 Å². The summed E-state index contributed by atoms with van der Waals surface area (Å²) in [5.41, 5.74) is 0. The van der Waals surface area contributed by atoms with Gasteiger partial charge >= 0.3 is 0 Å². The van der Waals surface area contributed by atoms with E-state index in [9.17, 15) is 4.79 Å². The Kier molecular flexibility index (Phi) is 3.48. The molecule has 1 saturated carbocycles. The topological polar surface area (TPSA) is 17.1 Å². The van der Waals surface area contributed by atoms with Crippen LogP contribution >= 0.6 is 0 Å². The second-order valence-electron chi connectivity index (χ2n) is 3.16. The van der Waals surface area contributed by atoms with Gasteiger partial charge in [0.1, 0.15) is 0 Å². The quantitative estimate of drug-likeness (QED) is 0.545. The van der Waals surface area contributed by atoms with Crippen LogP contribution in [0.1, 0.15) is 44.9 Å². The lowest BCUT2D eigenvalue weighted by atomic mass is 9.92. The van der Waals surface area contributed by atoms with Crippen LogP contribution in [0.2, 0.25) is 0 Å². The molecule has 0 heterocycles. The van der Waals surface area contributed by atoms with Gasteiger partial charge in [0.15, 0.2) is 0 Å². The lowest BCUT2D eigenvalue weighted by Gasteiger charge is -2.12. The van der Waals surface area contributed by atoms with E-state index >= 15 is 0 Å². The molecule has 1 aliphatic rings. The van der Waals surface area contributed by atoms with E-state index < -0.39 is 0 Å². The molecule has 0 bridgehead atoms. The Morgan fingerprint density at radius 1 is 0.900 bits per heavy atom. The van der Waals surface area contributed by atoms with Gasteiger partial charge in [0.2, 0.25) is 6.29 Å². The van der Waals surface area contributed by atoms with Gasteiger partial charge in [-0.25, -0.2) is 0 Å². The molecule has 0 spiro atoms. The number of hydrogen-bond acceptors (Lipinski definition) is 1. The summed E-state index contributed by atoms with van der Waals surface area (Å²) in [4.78, 5) is 10.3. The molecule has 1 heteroatoms. The van der Waals surface area contributed by atoms with E-state index in [1.54, 1.807) is 0 Å². The maximum absolute atomic E-state index is 10.3. The standard InChI is InChI=1S/C9H15O/c10-8-9-6-4-2-1-3-5-7-9/h9H,1-7H2. The van der Waals surface area contributed by atoms with Gasteiger partial charge in [-0.1, -0.05) is 32.1 Å². The fourth-order valence-electron chi connectivity index (χ4n) is 1.57. The van der Waals surface area contributed by atoms with Crippen molar-refractivity contribution in [3.63, 3.8) is 0 Å². The summed E-state index contributed by atoms with van der Waals surface area (Å²) in [6, 6.07) is 0. The third-order valence-electron chi connectivity index (χ3n) is 2.27. The Bertz CT molecular complexity index is 90.9. The van der Waals surface area contributed by atoms with Crippen molar-refractivity contribution in [2.24, 2.45) is 5.92 Å². The van der Waals surface area contributed by atoms with Crippen molar-refractivity contribution >= 4 is 6.29 Å². The molecule has 0 aromatic rings. The van der Waals surface area contributed by atoms with Crippen molar-refractivity contribution < 1.29 is 4.79 Å². The highest BCUT2D eigenvalue weighted by molar-refractivity contribution is 5.54. The molecule has 0 aromatic carbocycles. The van der Waals surface area contributed by atoms with Crippen molar-refractivity contribution in [1.29, 1.82) is 0 Å². The highest BCUT2D eigenvalue weighted by atomic mass is 16.1. The van der Waals surface area contributed by atoms with Gasteiger partial charge in [0, 0.05) is 5.92 Å². The Labute approximate surface area is 62.8 Å². The Balaban J connectivity index is 2.22. The van der Waals surface area contributed by atoms with Gasteiger partial charge in [-0.2, -0.15) is 0 Å². The normalized spacial score (nSPS) is 23.2. The summed E-state index contributed by atoms with van der Waals surface area (Å²) >= 11 is 0. The summed E-state index contributed by atoms with van der Waals surface area (Å²) in [5, 5.41) is 0. The largest absolute Gasteiger partial charge is 0.291 e. The monoisotopic (exact) mass is 139 g/mol. The first-order valence-electron chi connectivity index (χ1n) is 4.31. The van der Waals surface area contributed by atoms with Crippen molar-refractivity contribution in [3.05, 3.63) is 0 Å². The van der Waals surface area contributed by atoms with Crippen LogP contribution in [0.15, 0.2) is 0 Å². The zero-order valence-electron chi connectivity index (χ0n) is 6.44. The molecule has 57 valence electrons. The van der Waals surface area contributed by atoms with Crippen LogP contribution in [0.3, 0.4) is 0 Å². The van der Waals surface area contributed by atoms with Gasteiger partial charge in [-0.05, 0) is 12.8 Å². The average Bonchev–Trinajstić information content (AvgIpc) is 1.87. The summed E-state index contributed by atoms with van der Waals surface area (Å²) in [6.45, 7) is 0. The highest BCUT2D eigenvalue weighted by Crippen LogP contribution is 2.20. The van der Waals surface area contributed by atoms with E-state index in [0.717, 1.165) is 12.8 Å². The van der Waals surface area contributed by atoms with E-state index in [-0.39, 0.29) is 5.92 Å². The second kappa shape index (κ2) is 4.48. The number of carbonyl (C=O) groups excluding carboxylic acids is 1. The Hall–Kier alpha value is -0.330. The molecule has 1 radical (unpaired) electrons. The molecular weight excluding hydrogens is 124 g/mol. The molecular formula is C9H15O. The first-order valence-corrected chi connectivity index (χ1v) is 4.31. The van der Waals surface area contributed by atoms with Crippen LogP contribution in [-0.4, -0.2) is 6.29 Å². The van der Waals surface area contributed by atoms with E-state index in [0.29, 0.717) is 0 Å². The lowest BCUT2D eigenvalue weighted by Crippen LogP contribution is -2.04. The van der Waals surface area contributed by atoms with E-state index in [2.05, 4.69) is 6.29 Å². The predicted molar refractivity (Wildman–Crippen MR) is 41.5 cm³/mol. The minimum absolute atomic E-state index is 0.264. The van der Waals surface area contributed by atoms with Crippen molar-refractivity contribution in [3.8, 4) is 0 Å². The molecule has 1 rings (SSSR count). The first kappa shape index (κ1) is 7.77. The van der Waals surface area contributed by atoms with Gasteiger partial charge in [0.05, 0.1) is 0 Å². The van der Waals surface area contributed by atoms with Gasteiger partial charge in [-0.15, -0.1) is 0 Å². The van der Waals surface area contributed by atoms with Gasteiger partial charge in [-0.3, -0.25) is 4.79 Å². The molecule has 1 nitrogen and oxygen atoms in total. The molecule has 0 saturated heterocycles. The SMILES string of the molecule is O=[C]C1CCCCCCC1. The molecule has 0 atom stereocenters. The predicted octanol–water partition coefficient (Wildman–Crippen LogP) is 2.46. The van der Waals surface area contributed by atoms with Crippen molar-refractivity contribution in [1.82, 2.24) is 0 Å². The molecule has 0 aliphatic heterocycles. The minimum Gasteiger partial charge on any atom is -0.291 e. The smallest absolute Gasteiger partial charge is 0.201 e. The minimum atomic E-state index is 0.264. The maximum atomic E-state index is 10.3. The van der Waals surface area contributed by atoms with E-state index in [4.69, 9.17) is 0 Å². The fourth-order valence-corrected chi connectivity index (χ4v) is 1.57. The number of hydrogen-bond donors (Lipinski definition) is 0. The third kappa shape index (κ3) is 2.51. The number of rotatable bonds is 1. The molecule has 0 N–H and O–H groups in total. The van der Waals surface area contributed by atoms with Crippen LogP contribution in [0.25, 0.3) is 0 Å². The molecule has 10 heavy (non-hydrogen) atoms. The molecule has 0 aromatic heterocycles. The molecule has 0 unspecified atom stereocenters. The molecule has 0 amide bonds. The van der Waals surface area contributed by atoms with Crippen LogP contribution in [0.5, 0.6) is 0 Å². The fraction of sp³-hybridized carbons (Fsp3) is 0.889. The Morgan fingerprint density at radius 3 is 1.90 bits per heavy atom. The summed E-state index contributed by atoms with van der Waals surface area (Å²) in [5.74, 6) is 0.264. The van der Waals surface area contributed by atoms with Gasteiger partial charge < -0.3 is 0 Å². The highest BCUT2D eigenvalue weighted by Gasteiger charge is 2.09. The van der Waals surface area contributed by atoms with E-state index in [1.807, 2.05) is 0 Å². The average molecular weight is 139 g/mol. The van der Waals surface area contributed by atoms with Crippen LogP contribution in [-0.2, 0) is 4.79 Å². The second-order valence-corrected chi connectivity index (χ2v) is 3.16. The summed E-state index contributed by atoms with van der Waals surface area (Å²) < 4.78 is 0. The zero-order valence-corrected chi connectivity index (χ0v) is 6.44. The lowest BCUT2D eigenvalue weighted by molar-refractivity contribution is 0.428. The summed E-state index contributed by atoms with van der Waals surface area (Å²) in [6.07, 6.45) is 10.8. The van der Waals surface area contributed by atoms with Crippen LogP contribution < -0.4 is 0 Å².